The van der Waals surface area contributed by atoms with E-state index in [4.69, 9.17) is 5.84 Å². The fourth-order valence-electron chi connectivity index (χ4n) is 1.44. The van der Waals surface area contributed by atoms with Crippen molar-refractivity contribution in [2.75, 3.05) is 17.0 Å². The molecule has 0 bridgehead atoms. The van der Waals surface area contributed by atoms with Gasteiger partial charge in [-0.1, -0.05) is 11.8 Å². The summed E-state index contributed by atoms with van der Waals surface area (Å²) in [4.78, 5) is 8.02. The highest BCUT2D eigenvalue weighted by molar-refractivity contribution is 7.98. The predicted molar refractivity (Wildman–Crippen MR) is 71.2 cm³/mol. The third-order valence-electron chi connectivity index (χ3n) is 2.30. The Morgan fingerprint density at radius 3 is 2.20 bits per heavy atom. The van der Waals surface area contributed by atoms with Gasteiger partial charge in [0.15, 0.2) is 16.8 Å². The van der Waals surface area contributed by atoms with Crippen LogP contribution in [-0.2, 0) is 0 Å². The van der Waals surface area contributed by atoms with Crippen molar-refractivity contribution in [3.8, 4) is 0 Å². The minimum Gasteiger partial charge on any atom is -0.335 e. The van der Waals surface area contributed by atoms with E-state index in [2.05, 4.69) is 20.7 Å². The van der Waals surface area contributed by atoms with Gasteiger partial charge in [0, 0.05) is 18.2 Å². The molecule has 0 atom stereocenters. The molecule has 1 aromatic heterocycles. The van der Waals surface area contributed by atoms with Crippen LogP contribution in [0.2, 0.25) is 0 Å². The molecule has 0 amide bonds. The third kappa shape index (κ3) is 3.11. The molecule has 2 rings (SSSR count). The van der Waals surface area contributed by atoms with Gasteiger partial charge < -0.3 is 10.7 Å². The third-order valence-corrected chi connectivity index (χ3v) is 2.84. The van der Waals surface area contributed by atoms with Gasteiger partial charge in [0.05, 0.1) is 0 Å². The van der Waals surface area contributed by atoms with Crippen LogP contribution in [0.15, 0.2) is 23.4 Å². The molecular weight excluding hydrogens is 291 g/mol. The molecule has 0 aliphatic carbocycles. The van der Waals surface area contributed by atoms with Gasteiger partial charge >= 0.3 is 0 Å². The summed E-state index contributed by atoms with van der Waals surface area (Å²) in [7, 11) is 0. The van der Waals surface area contributed by atoms with Crippen molar-refractivity contribution in [1.82, 2.24) is 9.97 Å². The Morgan fingerprint density at radius 1 is 1.05 bits per heavy atom. The zero-order valence-electron chi connectivity index (χ0n) is 10.2. The average molecular weight is 301 g/mol. The predicted octanol–water partition coefficient (Wildman–Crippen LogP) is 2.65. The van der Waals surface area contributed by atoms with Crippen LogP contribution in [-0.4, -0.2) is 16.2 Å². The van der Waals surface area contributed by atoms with Gasteiger partial charge in [0.1, 0.15) is 23.1 Å². The minimum absolute atomic E-state index is 0.127. The molecule has 1 aromatic carbocycles. The largest absolute Gasteiger partial charge is 0.335 e. The summed E-state index contributed by atoms with van der Waals surface area (Å²) in [6.07, 6.45) is 1.73. The van der Waals surface area contributed by atoms with Gasteiger partial charge in [-0.2, -0.15) is 0 Å². The topological polar surface area (TPSA) is 75.9 Å². The summed E-state index contributed by atoms with van der Waals surface area (Å²) in [5.41, 5.74) is 1.81. The van der Waals surface area contributed by atoms with Crippen LogP contribution in [0, 0.1) is 17.5 Å². The van der Waals surface area contributed by atoms with Crippen LogP contribution in [0.25, 0.3) is 0 Å². The quantitative estimate of drug-likeness (QED) is 0.349. The van der Waals surface area contributed by atoms with E-state index < -0.39 is 23.1 Å². The second-order valence-electron chi connectivity index (χ2n) is 3.64. The highest BCUT2D eigenvalue weighted by Crippen LogP contribution is 2.25. The van der Waals surface area contributed by atoms with Gasteiger partial charge in [0.25, 0.3) is 0 Å². The monoisotopic (exact) mass is 301 g/mol. The Bertz CT molecular complexity index is 592. The fourth-order valence-corrected chi connectivity index (χ4v) is 1.82. The number of aromatic nitrogens is 2. The smallest absolute Gasteiger partial charge is 0.191 e. The number of rotatable bonds is 4. The molecule has 5 nitrogen and oxygen atoms in total. The molecule has 0 saturated carbocycles. The number of nitrogens with zero attached hydrogens (tertiary/aromatic N) is 2. The Kier molecular flexibility index (Phi) is 4.30. The van der Waals surface area contributed by atoms with Crippen molar-refractivity contribution in [3.63, 3.8) is 0 Å². The van der Waals surface area contributed by atoms with E-state index in [0.29, 0.717) is 17.3 Å². The van der Waals surface area contributed by atoms with E-state index in [1.54, 1.807) is 6.26 Å². The Balaban J connectivity index is 2.39. The van der Waals surface area contributed by atoms with E-state index in [1.165, 1.54) is 17.8 Å². The normalized spacial score (nSPS) is 10.4. The molecule has 0 aliphatic heterocycles. The van der Waals surface area contributed by atoms with Crippen molar-refractivity contribution in [2.24, 2.45) is 5.84 Å². The van der Waals surface area contributed by atoms with Crippen LogP contribution >= 0.6 is 11.8 Å². The van der Waals surface area contributed by atoms with Gasteiger partial charge in [-0.25, -0.2) is 29.0 Å². The van der Waals surface area contributed by atoms with Crippen molar-refractivity contribution in [3.05, 3.63) is 35.7 Å². The first-order valence-corrected chi connectivity index (χ1v) is 6.57. The van der Waals surface area contributed by atoms with Gasteiger partial charge in [0.2, 0.25) is 0 Å². The first kappa shape index (κ1) is 14.4. The molecule has 0 aliphatic rings. The molecule has 0 fully saturated rings. The van der Waals surface area contributed by atoms with E-state index in [-0.39, 0.29) is 11.6 Å². The summed E-state index contributed by atoms with van der Waals surface area (Å²) >= 11 is 1.23. The van der Waals surface area contributed by atoms with Crippen molar-refractivity contribution >= 4 is 29.1 Å². The molecule has 2 aromatic rings. The van der Waals surface area contributed by atoms with Gasteiger partial charge in [-0.15, -0.1) is 0 Å². The molecule has 4 N–H and O–H groups in total. The average Bonchev–Trinajstić information content (AvgIpc) is 2.42. The molecule has 9 heteroatoms. The first-order valence-electron chi connectivity index (χ1n) is 5.34. The van der Waals surface area contributed by atoms with Crippen LogP contribution < -0.4 is 16.6 Å². The number of hydrogen-bond acceptors (Lipinski definition) is 6. The van der Waals surface area contributed by atoms with Crippen LogP contribution in [0.4, 0.5) is 30.5 Å². The van der Waals surface area contributed by atoms with E-state index in [9.17, 15) is 13.2 Å². The molecule has 1 heterocycles. The van der Waals surface area contributed by atoms with E-state index in [0.717, 1.165) is 0 Å². The van der Waals surface area contributed by atoms with E-state index in [1.807, 2.05) is 0 Å². The summed E-state index contributed by atoms with van der Waals surface area (Å²) in [5.74, 6) is 2.52. The number of nitrogens with two attached hydrogens (primary N) is 1. The molecule has 0 unspecified atom stereocenters. The molecule has 0 saturated heterocycles. The molecular formula is C11H10F3N5S. The fraction of sp³-hybridized carbons (Fsp3) is 0.0909. The van der Waals surface area contributed by atoms with Gasteiger partial charge in [-0.3, -0.25) is 0 Å². The maximum atomic E-state index is 13.5. The maximum Gasteiger partial charge on any atom is 0.191 e. The molecule has 0 radical (unpaired) electrons. The number of halogens is 3. The lowest BCUT2D eigenvalue weighted by Gasteiger charge is -2.10. The number of thioether (sulfide) groups is 1. The lowest BCUT2D eigenvalue weighted by molar-refractivity contribution is 0.548. The standard InChI is InChI=1S/C11H10F3N5S/c1-20-11-17-8(4-9(18-11)19-15)16-10-6(13)2-5(12)3-7(10)14/h2-4H,15H2,1H3,(H2,16,17,18,19). The van der Waals surface area contributed by atoms with Crippen molar-refractivity contribution in [1.29, 1.82) is 0 Å². The zero-order valence-corrected chi connectivity index (χ0v) is 11.1. The lowest BCUT2D eigenvalue weighted by Crippen LogP contribution is -2.10. The number of anilines is 3. The minimum atomic E-state index is -1.06. The second-order valence-corrected chi connectivity index (χ2v) is 4.41. The Labute approximate surface area is 116 Å². The number of nitrogens with one attached hydrogen (secondary N) is 2. The highest BCUT2D eigenvalue weighted by Gasteiger charge is 2.13. The first-order chi connectivity index (χ1) is 9.53. The Hall–Kier alpha value is -2.00. The second kappa shape index (κ2) is 5.97. The van der Waals surface area contributed by atoms with E-state index >= 15 is 0 Å². The lowest BCUT2D eigenvalue weighted by atomic mass is 10.2. The Morgan fingerprint density at radius 2 is 1.65 bits per heavy atom. The zero-order chi connectivity index (χ0) is 14.7. The van der Waals surface area contributed by atoms with Gasteiger partial charge in [-0.05, 0) is 6.26 Å². The van der Waals surface area contributed by atoms with Crippen LogP contribution in [0.1, 0.15) is 0 Å². The molecule has 20 heavy (non-hydrogen) atoms. The van der Waals surface area contributed by atoms with Crippen molar-refractivity contribution in [2.45, 2.75) is 5.16 Å². The van der Waals surface area contributed by atoms with Crippen LogP contribution in [0.5, 0.6) is 0 Å². The highest BCUT2D eigenvalue weighted by atomic mass is 32.2. The summed E-state index contributed by atoms with van der Waals surface area (Å²) in [5, 5.41) is 2.79. The van der Waals surface area contributed by atoms with Crippen molar-refractivity contribution < 1.29 is 13.2 Å². The number of nitrogen functional groups attached to an aromatic ring is 1. The summed E-state index contributed by atoms with van der Waals surface area (Å²) in [6.45, 7) is 0. The molecule has 0 spiro atoms. The number of hydrazine groups is 1. The SMILES string of the molecule is CSc1nc(NN)cc(Nc2c(F)cc(F)cc2F)n1. The summed E-state index contributed by atoms with van der Waals surface area (Å²) < 4.78 is 39.9. The molecule has 106 valence electrons. The number of benzene rings is 1. The number of hydrogen-bond donors (Lipinski definition) is 3. The summed E-state index contributed by atoms with van der Waals surface area (Å²) in [6, 6.07) is 2.51. The maximum absolute atomic E-state index is 13.5. The van der Waals surface area contributed by atoms with Crippen LogP contribution in [0.3, 0.4) is 0 Å².